The number of aryl methyl sites for hydroxylation is 1. The number of fused-ring (bicyclic) bond motifs is 2. The zero-order chi connectivity index (χ0) is 20.7. The number of nitrogens with zero attached hydrogens (tertiary/aromatic N) is 5. The Labute approximate surface area is 185 Å². The quantitative estimate of drug-likeness (QED) is 0.418. The summed E-state index contributed by atoms with van der Waals surface area (Å²) in [4.78, 5) is 16.3. The van der Waals surface area contributed by atoms with Gasteiger partial charge in [-0.05, 0) is 37.5 Å². The van der Waals surface area contributed by atoms with Gasteiger partial charge in [0.05, 0.1) is 29.1 Å². The Morgan fingerprint density at radius 1 is 1.29 bits per heavy atom. The van der Waals surface area contributed by atoms with Gasteiger partial charge in [-0.2, -0.15) is 5.10 Å². The number of aromatic nitrogens is 6. The van der Waals surface area contributed by atoms with Crippen LogP contribution in [0, 0.1) is 18.8 Å². The van der Waals surface area contributed by atoms with Crippen LogP contribution in [0.15, 0.2) is 24.5 Å². The van der Waals surface area contributed by atoms with Gasteiger partial charge in [0.1, 0.15) is 23.7 Å². The van der Waals surface area contributed by atoms with E-state index in [1.165, 1.54) is 6.33 Å². The Bertz CT molecular complexity index is 1300. The number of aromatic amines is 1. The van der Waals surface area contributed by atoms with Crippen LogP contribution in [-0.2, 0) is 4.74 Å². The van der Waals surface area contributed by atoms with Crippen LogP contribution in [0.4, 0.5) is 5.82 Å². The Balaban J connectivity index is 0.00000231. The minimum absolute atomic E-state index is 0. The number of benzene rings is 1. The second-order valence-corrected chi connectivity index (χ2v) is 7.50. The standard InChI is InChI=1S/C21H22N8O.ClH/c1-12-26-16-5-3-13(7-18(16)27-12)4-6-17-19-20(22)24-11-25-21(19)29(28-17)15-8-14(10-30-2)23-9-15;/h3,5,7,11,14-15,23H,8-10H2,1-2H3,(H,26,27)(H2,22,24,25);1H/t14-,15+;/m1./s1. The molecule has 1 aliphatic rings. The summed E-state index contributed by atoms with van der Waals surface area (Å²) in [7, 11) is 1.71. The second-order valence-electron chi connectivity index (χ2n) is 7.50. The fraction of sp³-hybridized carbons (Fsp3) is 0.333. The van der Waals surface area contributed by atoms with Crippen LogP contribution in [-0.4, -0.2) is 56.0 Å². The largest absolute Gasteiger partial charge is 0.383 e. The van der Waals surface area contributed by atoms with Crippen LogP contribution in [0.3, 0.4) is 0 Å². The minimum Gasteiger partial charge on any atom is -0.383 e. The lowest BCUT2D eigenvalue weighted by atomic mass is 10.2. The van der Waals surface area contributed by atoms with Crippen LogP contribution in [0.5, 0.6) is 0 Å². The summed E-state index contributed by atoms with van der Waals surface area (Å²) in [5.74, 6) is 7.63. The van der Waals surface area contributed by atoms with Gasteiger partial charge < -0.3 is 20.8 Å². The highest BCUT2D eigenvalue weighted by molar-refractivity contribution is 5.90. The van der Waals surface area contributed by atoms with Gasteiger partial charge in [-0.3, -0.25) is 0 Å². The van der Waals surface area contributed by atoms with Crippen LogP contribution in [0.2, 0.25) is 0 Å². The highest BCUT2D eigenvalue weighted by Gasteiger charge is 2.28. The van der Waals surface area contributed by atoms with E-state index in [1.54, 1.807) is 7.11 Å². The highest BCUT2D eigenvalue weighted by atomic mass is 35.5. The molecular weight excluding hydrogens is 416 g/mol. The van der Waals surface area contributed by atoms with Gasteiger partial charge in [-0.1, -0.05) is 5.92 Å². The lowest BCUT2D eigenvalue weighted by Gasteiger charge is -2.10. The summed E-state index contributed by atoms with van der Waals surface area (Å²) < 4.78 is 7.19. The lowest BCUT2D eigenvalue weighted by Crippen LogP contribution is -2.25. The molecule has 1 fully saturated rings. The maximum atomic E-state index is 6.17. The van der Waals surface area contributed by atoms with Gasteiger partial charge in [0.15, 0.2) is 5.65 Å². The summed E-state index contributed by atoms with van der Waals surface area (Å²) in [5, 5.41) is 8.93. The molecule has 3 aromatic heterocycles. The molecule has 1 aliphatic heterocycles. The number of ether oxygens (including phenoxy) is 1. The van der Waals surface area contributed by atoms with Gasteiger partial charge in [0, 0.05) is 25.3 Å². The third-order valence-electron chi connectivity index (χ3n) is 5.36. The molecule has 1 saturated heterocycles. The number of imidazole rings is 1. The van der Waals surface area contributed by atoms with Crippen molar-refractivity contribution < 1.29 is 4.74 Å². The molecule has 0 aliphatic carbocycles. The molecule has 31 heavy (non-hydrogen) atoms. The molecule has 4 N–H and O–H groups in total. The number of nitrogens with two attached hydrogens (primary N) is 1. The van der Waals surface area contributed by atoms with E-state index in [0.29, 0.717) is 29.2 Å². The predicted molar refractivity (Wildman–Crippen MR) is 121 cm³/mol. The molecular formula is C21H23ClN8O. The Hall–Kier alpha value is -3.19. The minimum atomic E-state index is 0. The van der Waals surface area contributed by atoms with Gasteiger partial charge >= 0.3 is 0 Å². The maximum Gasteiger partial charge on any atom is 0.164 e. The molecule has 160 valence electrons. The number of H-pyrrole nitrogens is 1. The fourth-order valence-corrected chi connectivity index (χ4v) is 4.00. The van der Waals surface area contributed by atoms with Crippen molar-refractivity contribution in [2.45, 2.75) is 25.4 Å². The van der Waals surface area contributed by atoms with Crippen LogP contribution >= 0.6 is 12.4 Å². The monoisotopic (exact) mass is 438 g/mol. The molecule has 10 heteroatoms. The van der Waals surface area contributed by atoms with Gasteiger partial charge in [0.2, 0.25) is 0 Å². The number of methoxy groups -OCH3 is 1. The van der Waals surface area contributed by atoms with Crippen molar-refractivity contribution in [3.05, 3.63) is 41.6 Å². The summed E-state index contributed by atoms with van der Waals surface area (Å²) in [5.41, 5.74) is 10.2. The van der Waals surface area contributed by atoms with Gasteiger partial charge in [-0.15, -0.1) is 12.4 Å². The Morgan fingerprint density at radius 2 is 2.16 bits per heavy atom. The fourth-order valence-electron chi connectivity index (χ4n) is 4.00. The zero-order valence-corrected chi connectivity index (χ0v) is 18.0. The third kappa shape index (κ3) is 3.93. The Kier molecular flexibility index (Phi) is 5.78. The SMILES string of the molecule is COC[C@H]1C[C@H](n2nc(C#Cc3ccc4nc(C)[nH]c4c3)c3c(N)ncnc32)CN1.Cl. The van der Waals surface area contributed by atoms with Gasteiger partial charge in [0.25, 0.3) is 0 Å². The number of hydrogen-bond acceptors (Lipinski definition) is 7. The van der Waals surface area contributed by atoms with Crippen LogP contribution in [0.25, 0.3) is 22.1 Å². The van der Waals surface area contributed by atoms with E-state index in [-0.39, 0.29) is 24.5 Å². The molecule has 0 unspecified atom stereocenters. The number of hydrogen-bond donors (Lipinski definition) is 3. The molecule has 0 radical (unpaired) electrons. The van der Waals surface area contributed by atoms with Gasteiger partial charge in [-0.25, -0.2) is 19.6 Å². The molecule has 0 amide bonds. The van der Waals surface area contributed by atoms with E-state index in [2.05, 4.69) is 37.1 Å². The first-order valence-corrected chi connectivity index (χ1v) is 9.82. The molecule has 9 nitrogen and oxygen atoms in total. The topological polar surface area (TPSA) is 120 Å². The normalized spacial score (nSPS) is 18.1. The molecule has 0 spiro atoms. The van der Waals surface area contributed by atoms with Crippen LogP contribution in [0.1, 0.15) is 29.5 Å². The van der Waals surface area contributed by atoms with E-state index < -0.39 is 0 Å². The van der Waals surface area contributed by atoms with Crippen molar-refractivity contribution in [2.75, 3.05) is 26.0 Å². The number of halogens is 1. The lowest BCUT2D eigenvalue weighted by molar-refractivity contribution is 0.172. The Morgan fingerprint density at radius 3 is 3.00 bits per heavy atom. The van der Waals surface area contributed by atoms with Crippen molar-refractivity contribution in [3.63, 3.8) is 0 Å². The van der Waals surface area contributed by atoms with Crippen LogP contribution < -0.4 is 11.1 Å². The number of nitrogen functional groups attached to an aromatic ring is 1. The molecule has 4 heterocycles. The highest BCUT2D eigenvalue weighted by Crippen LogP contribution is 2.27. The molecule has 5 rings (SSSR count). The smallest absolute Gasteiger partial charge is 0.164 e. The zero-order valence-electron chi connectivity index (χ0n) is 17.2. The first kappa shape index (κ1) is 21.1. The predicted octanol–water partition coefficient (Wildman–Crippen LogP) is 1.96. The number of anilines is 1. The summed E-state index contributed by atoms with van der Waals surface area (Å²) >= 11 is 0. The van der Waals surface area contributed by atoms with Crippen molar-refractivity contribution >= 4 is 40.3 Å². The average molecular weight is 439 g/mol. The molecule has 0 bridgehead atoms. The van der Waals surface area contributed by atoms with E-state index in [9.17, 15) is 0 Å². The summed E-state index contributed by atoms with van der Waals surface area (Å²) in [6, 6.07) is 6.33. The number of nitrogens with one attached hydrogen (secondary N) is 2. The molecule has 4 aromatic rings. The summed E-state index contributed by atoms with van der Waals surface area (Å²) in [6.07, 6.45) is 2.37. The third-order valence-corrected chi connectivity index (χ3v) is 5.36. The molecule has 0 saturated carbocycles. The first-order valence-electron chi connectivity index (χ1n) is 9.82. The molecule has 2 atom stereocenters. The average Bonchev–Trinajstić information content (AvgIpc) is 3.43. The van der Waals surface area contributed by atoms with E-state index in [4.69, 9.17) is 15.6 Å². The van der Waals surface area contributed by atoms with Crippen molar-refractivity contribution in [2.24, 2.45) is 0 Å². The molecule has 1 aromatic carbocycles. The van der Waals surface area contributed by atoms with E-state index in [0.717, 1.165) is 35.4 Å². The van der Waals surface area contributed by atoms with E-state index >= 15 is 0 Å². The maximum absolute atomic E-state index is 6.17. The number of rotatable bonds is 3. The van der Waals surface area contributed by atoms with Crippen molar-refractivity contribution in [1.29, 1.82) is 0 Å². The van der Waals surface area contributed by atoms with Crippen molar-refractivity contribution in [1.82, 2.24) is 35.0 Å². The summed E-state index contributed by atoms with van der Waals surface area (Å²) in [6.45, 7) is 3.38. The first-order chi connectivity index (χ1) is 14.6. The van der Waals surface area contributed by atoms with Crippen molar-refractivity contribution in [3.8, 4) is 11.8 Å². The second kappa shape index (κ2) is 8.51. The van der Waals surface area contributed by atoms with E-state index in [1.807, 2.05) is 29.8 Å².